The normalized spacial score (nSPS) is 16.0. The molecule has 5 rings (SSSR count). The summed E-state index contributed by atoms with van der Waals surface area (Å²) in [6.45, 7) is 3.45. The van der Waals surface area contributed by atoms with Gasteiger partial charge in [-0.05, 0) is 54.8 Å². The fraction of sp³-hybridized carbons (Fsp3) is 0.208. The van der Waals surface area contributed by atoms with Gasteiger partial charge >= 0.3 is 0 Å². The monoisotopic (exact) mass is 524 g/mol. The molecular formula is C24H24N6O4S2. The van der Waals surface area contributed by atoms with Crippen molar-refractivity contribution in [3.8, 4) is 0 Å². The number of nitrogens with zero attached hydrogens (tertiary/aromatic N) is 3. The third kappa shape index (κ3) is 4.74. The van der Waals surface area contributed by atoms with E-state index in [0.29, 0.717) is 54.2 Å². The minimum absolute atomic E-state index is 0.0884. The lowest BCUT2D eigenvalue weighted by Crippen LogP contribution is -2.51. The van der Waals surface area contributed by atoms with Crippen molar-refractivity contribution in [1.29, 1.82) is 0 Å². The molecule has 1 fully saturated rings. The third-order valence-electron chi connectivity index (χ3n) is 6.11. The molecule has 2 amide bonds. The number of hydrogen-bond donors (Lipinski definition) is 3. The van der Waals surface area contributed by atoms with Crippen LogP contribution in [0, 0.1) is 6.92 Å². The lowest BCUT2D eigenvalue weighted by molar-refractivity contribution is -0.129. The largest absolute Gasteiger partial charge is 0.335 e. The first-order valence-electron chi connectivity index (χ1n) is 11.3. The Morgan fingerprint density at radius 2 is 1.72 bits per heavy atom. The predicted octanol–water partition coefficient (Wildman–Crippen LogP) is 2.23. The van der Waals surface area contributed by atoms with Crippen LogP contribution in [0.1, 0.15) is 15.9 Å². The topological polar surface area (TPSA) is 124 Å². The Balaban J connectivity index is 1.27. The van der Waals surface area contributed by atoms with Crippen molar-refractivity contribution in [1.82, 2.24) is 25.0 Å². The van der Waals surface area contributed by atoms with Crippen LogP contribution in [0.25, 0.3) is 10.9 Å². The quantitative estimate of drug-likeness (QED) is 0.434. The van der Waals surface area contributed by atoms with Crippen molar-refractivity contribution in [2.45, 2.75) is 11.8 Å². The molecule has 0 atom stereocenters. The van der Waals surface area contributed by atoms with Crippen molar-refractivity contribution in [3.63, 3.8) is 0 Å². The first kappa shape index (κ1) is 24.1. The summed E-state index contributed by atoms with van der Waals surface area (Å²) < 4.78 is 28.9. The second kappa shape index (κ2) is 9.80. The number of para-hydroxylation sites is 1. The van der Waals surface area contributed by atoms with Crippen molar-refractivity contribution in [3.05, 3.63) is 77.0 Å². The number of nitrogens with one attached hydrogen (secondary N) is 3. The lowest BCUT2D eigenvalue weighted by Gasteiger charge is -2.35. The average molecular weight is 525 g/mol. The van der Waals surface area contributed by atoms with E-state index in [1.807, 2.05) is 12.1 Å². The van der Waals surface area contributed by atoms with Crippen LogP contribution in [0.3, 0.4) is 0 Å². The zero-order valence-corrected chi connectivity index (χ0v) is 21.0. The third-order valence-corrected chi connectivity index (χ3v) is 8.08. The first-order chi connectivity index (χ1) is 17.3. The van der Waals surface area contributed by atoms with Gasteiger partial charge in [0.2, 0.25) is 0 Å². The van der Waals surface area contributed by atoms with E-state index in [9.17, 15) is 18.0 Å². The maximum atomic E-state index is 13.1. The molecule has 0 unspecified atom stereocenters. The molecule has 1 aromatic heterocycles. The Labute approximate surface area is 212 Å². The van der Waals surface area contributed by atoms with E-state index in [1.165, 1.54) is 18.0 Å². The smallest absolute Gasteiger partial charge is 0.272 e. The highest BCUT2D eigenvalue weighted by Crippen LogP contribution is 2.26. The standard InChI is InChI=1S/C24H24N6O4S2/c1-16-14-18(23(31)29-10-12-30(13-11-29)24(32)20-15-35-28-26-20)7-8-19(16)27-36(33,34)21-6-2-4-17-5-3-9-25-22(17)21/h2-9,14-15,26-28H,10-13H2,1H3. The van der Waals surface area contributed by atoms with Crippen molar-refractivity contribution in [2.75, 3.05) is 30.9 Å². The molecule has 10 nitrogen and oxygen atoms in total. The van der Waals surface area contributed by atoms with Crippen molar-refractivity contribution < 1.29 is 18.0 Å². The van der Waals surface area contributed by atoms with E-state index in [0.717, 1.165) is 5.39 Å². The number of hydrazine groups is 1. The van der Waals surface area contributed by atoms with Gasteiger partial charge in [0, 0.05) is 48.7 Å². The number of piperazine rings is 1. The Morgan fingerprint density at radius 3 is 2.42 bits per heavy atom. The van der Waals surface area contributed by atoms with E-state index >= 15 is 0 Å². The summed E-state index contributed by atoms with van der Waals surface area (Å²) >= 11 is 1.30. The minimum Gasteiger partial charge on any atom is -0.335 e. The molecule has 2 aliphatic heterocycles. The summed E-state index contributed by atoms with van der Waals surface area (Å²) in [5.74, 6) is -0.262. The Bertz CT molecular complexity index is 1480. The Kier molecular flexibility index (Phi) is 6.56. The van der Waals surface area contributed by atoms with Gasteiger partial charge in [0.05, 0.1) is 11.2 Å². The van der Waals surface area contributed by atoms with Gasteiger partial charge in [-0.25, -0.2) is 8.42 Å². The van der Waals surface area contributed by atoms with E-state index < -0.39 is 10.0 Å². The summed E-state index contributed by atoms with van der Waals surface area (Å²) in [5, 5.41) is 2.45. The van der Waals surface area contributed by atoms with E-state index in [4.69, 9.17) is 0 Å². The fourth-order valence-corrected chi connectivity index (χ4v) is 5.99. The fourth-order valence-electron chi connectivity index (χ4n) is 4.18. The molecule has 12 heteroatoms. The molecule has 2 aliphatic rings. The van der Waals surface area contributed by atoms with Gasteiger partial charge in [-0.1, -0.05) is 18.2 Å². The number of carbonyl (C=O) groups is 2. The van der Waals surface area contributed by atoms with Gasteiger partial charge in [-0.15, -0.1) is 0 Å². The predicted molar refractivity (Wildman–Crippen MR) is 138 cm³/mol. The zero-order valence-electron chi connectivity index (χ0n) is 19.4. The Morgan fingerprint density at radius 1 is 1.00 bits per heavy atom. The van der Waals surface area contributed by atoms with Gasteiger partial charge in [-0.3, -0.25) is 19.3 Å². The molecule has 0 bridgehead atoms. The molecule has 36 heavy (non-hydrogen) atoms. The molecule has 0 spiro atoms. The van der Waals surface area contributed by atoms with Crippen LogP contribution >= 0.6 is 11.9 Å². The minimum atomic E-state index is -3.90. The van der Waals surface area contributed by atoms with E-state index in [1.54, 1.807) is 58.7 Å². The number of carbonyl (C=O) groups excluding carboxylic acids is 2. The van der Waals surface area contributed by atoms with Gasteiger partial charge in [-0.2, -0.15) is 4.83 Å². The maximum Gasteiger partial charge on any atom is 0.272 e. The molecular weight excluding hydrogens is 500 g/mol. The first-order valence-corrected chi connectivity index (χ1v) is 13.6. The molecule has 0 aliphatic carbocycles. The highest BCUT2D eigenvalue weighted by Gasteiger charge is 2.28. The van der Waals surface area contributed by atoms with Crippen LogP contribution in [0.5, 0.6) is 0 Å². The highest BCUT2D eigenvalue weighted by molar-refractivity contribution is 8.00. The summed E-state index contributed by atoms with van der Waals surface area (Å²) in [4.78, 5) is 36.1. The number of amides is 2. The number of sulfonamides is 1. The maximum absolute atomic E-state index is 13.1. The van der Waals surface area contributed by atoms with Crippen LogP contribution in [0.2, 0.25) is 0 Å². The number of rotatable bonds is 5. The number of hydrogen-bond acceptors (Lipinski definition) is 8. The molecule has 3 heterocycles. The molecule has 0 radical (unpaired) electrons. The Hall–Kier alpha value is -3.61. The van der Waals surface area contributed by atoms with E-state index in [-0.39, 0.29) is 16.7 Å². The molecule has 0 saturated carbocycles. The van der Waals surface area contributed by atoms with Crippen molar-refractivity contribution >= 4 is 50.4 Å². The number of anilines is 1. The SMILES string of the molecule is Cc1cc(C(=O)N2CCN(C(=O)C3=CSNN3)CC2)ccc1NS(=O)(=O)c1cccc2cccnc12. The van der Waals surface area contributed by atoms with E-state index in [2.05, 4.69) is 20.0 Å². The van der Waals surface area contributed by atoms with Crippen molar-refractivity contribution in [2.24, 2.45) is 0 Å². The molecule has 2 aromatic carbocycles. The molecule has 1 saturated heterocycles. The zero-order chi connectivity index (χ0) is 25.3. The summed E-state index contributed by atoms with van der Waals surface area (Å²) in [6, 6.07) is 13.5. The van der Waals surface area contributed by atoms with Gasteiger partial charge in [0.1, 0.15) is 10.6 Å². The number of aromatic nitrogens is 1. The molecule has 3 N–H and O–H groups in total. The van der Waals surface area contributed by atoms with Crippen LogP contribution in [0.15, 0.2) is 70.7 Å². The summed E-state index contributed by atoms with van der Waals surface area (Å²) in [6.07, 6.45) is 1.56. The average Bonchev–Trinajstić information content (AvgIpc) is 3.44. The van der Waals surface area contributed by atoms with Crippen LogP contribution in [-0.4, -0.2) is 61.2 Å². The second-order valence-electron chi connectivity index (χ2n) is 8.43. The van der Waals surface area contributed by atoms with Crippen LogP contribution < -0.4 is 15.0 Å². The number of pyridine rings is 1. The number of benzene rings is 2. The number of aryl methyl sites for hydroxylation is 1. The lowest BCUT2D eigenvalue weighted by atomic mass is 10.1. The van der Waals surface area contributed by atoms with Gasteiger partial charge < -0.3 is 15.2 Å². The summed E-state index contributed by atoms with van der Waals surface area (Å²) in [5.41, 5.74) is 5.17. The highest BCUT2D eigenvalue weighted by atomic mass is 32.2. The van der Waals surface area contributed by atoms with Crippen LogP contribution in [0.4, 0.5) is 5.69 Å². The molecule has 186 valence electrons. The second-order valence-corrected chi connectivity index (χ2v) is 10.8. The summed E-state index contributed by atoms with van der Waals surface area (Å²) in [7, 11) is -3.90. The number of fused-ring (bicyclic) bond motifs is 1. The van der Waals surface area contributed by atoms with Gasteiger partial charge in [0.15, 0.2) is 0 Å². The van der Waals surface area contributed by atoms with Crippen LogP contribution in [-0.2, 0) is 14.8 Å². The van der Waals surface area contributed by atoms with Gasteiger partial charge in [0.25, 0.3) is 21.8 Å². The molecule has 3 aromatic rings.